The monoisotopic (exact) mass is 324 g/mol. The summed E-state index contributed by atoms with van der Waals surface area (Å²) in [6.45, 7) is 0. The van der Waals surface area contributed by atoms with Gasteiger partial charge in [-0.25, -0.2) is 4.98 Å². The summed E-state index contributed by atoms with van der Waals surface area (Å²) in [7, 11) is 1.62. The predicted molar refractivity (Wildman–Crippen MR) is 90.2 cm³/mol. The van der Waals surface area contributed by atoms with Crippen molar-refractivity contribution in [3.05, 3.63) is 48.2 Å². The normalized spacial score (nSPS) is 11.0. The van der Waals surface area contributed by atoms with Crippen molar-refractivity contribution < 1.29 is 9.53 Å². The number of carbonyl (C=O) groups is 1. The third kappa shape index (κ3) is 2.40. The Hall–Kier alpha value is -2.93. The van der Waals surface area contributed by atoms with Gasteiger partial charge in [-0.05, 0) is 24.3 Å². The number of nitrogens with one attached hydrogen (secondary N) is 2. The van der Waals surface area contributed by atoms with Crippen molar-refractivity contribution in [1.29, 1.82) is 0 Å². The molecule has 0 aliphatic rings. The molecule has 0 saturated carbocycles. The number of anilines is 1. The first-order chi connectivity index (χ1) is 11.2. The van der Waals surface area contributed by atoms with Gasteiger partial charge in [0.05, 0.1) is 34.6 Å². The van der Waals surface area contributed by atoms with Gasteiger partial charge in [-0.1, -0.05) is 23.5 Å². The smallest absolute Gasteiger partial charge is 0.259 e. The molecule has 0 saturated heterocycles. The van der Waals surface area contributed by atoms with Gasteiger partial charge in [-0.15, -0.1) is 0 Å². The first kappa shape index (κ1) is 13.7. The molecule has 6 nitrogen and oxygen atoms in total. The number of carbonyl (C=O) groups excluding carboxylic acids is 1. The molecule has 0 aliphatic carbocycles. The van der Waals surface area contributed by atoms with Crippen molar-refractivity contribution in [2.24, 2.45) is 0 Å². The number of thiazole rings is 1. The molecule has 2 aromatic carbocycles. The highest BCUT2D eigenvalue weighted by molar-refractivity contribution is 7.22. The Bertz CT molecular complexity index is 1020. The van der Waals surface area contributed by atoms with Crippen molar-refractivity contribution >= 4 is 43.5 Å². The number of para-hydroxylation sites is 1. The number of nitrogens with zero attached hydrogens (tertiary/aromatic N) is 2. The molecule has 2 N–H and O–H groups in total. The summed E-state index contributed by atoms with van der Waals surface area (Å²) in [4.78, 5) is 16.9. The van der Waals surface area contributed by atoms with E-state index in [-0.39, 0.29) is 5.91 Å². The minimum atomic E-state index is -0.217. The van der Waals surface area contributed by atoms with Crippen molar-refractivity contribution in [2.75, 3.05) is 12.4 Å². The maximum atomic E-state index is 12.5. The lowest BCUT2D eigenvalue weighted by molar-refractivity contribution is 0.102. The van der Waals surface area contributed by atoms with E-state index in [9.17, 15) is 4.79 Å². The Morgan fingerprint density at radius 3 is 3.09 bits per heavy atom. The van der Waals surface area contributed by atoms with Crippen LogP contribution in [0.3, 0.4) is 0 Å². The van der Waals surface area contributed by atoms with Crippen molar-refractivity contribution in [3.8, 4) is 5.75 Å². The van der Waals surface area contributed by atoms with E-state index >= 15 is 0 Å². The van der Waals surface area contributed by atoms with E-state index < -0.39 is 0 Å². The molecular formula is C16H12N4O2S. The summed E-state index contributed by atoms with van der Waals surface area (Å²) in [6.07, 6.45) is 1.69. The zero-order chi connectivity index (χ0) is 15.8. The molecule has 0 spiro atoms. The Kier molecular flexibility index (Phi) is 3.20. The van der Waals surface area contributed by atoms with Crippen LogP contribution in [-0.4, -0.2) is 28.2 Å². The highest BCUT2D eigenvalue weighted by atomic mass is 32.1. The molecule has 0 fully saturated rings. The van der Waals surface area contributed by atoms with Crippen LogP contribution in [0.15, 0.2) is 42.6 Å². The second-order valence-electron chi connectivity index (χ2n) is 4.95. The van der Waals surface area contributed by atoms with Crippen molar-refractivity contribution in [3.63, 3.8) is 0 Å². The third-order valence-corrected chi connectivity index (χ3v) is 4.47. The number of rotatable bonds is 3. The molecule has 2 heterocycles. The molecule has 1 amide bonds. The number of fused-ring (bicyclic) bond motifs is 2. The molecule has 0 atom stereocenters. The first-order valence-electron chi connectivity index (χ1n) is 6.92. The minimum absolute atomic E-state index is 0.217. The fraction of sp³-hybridized carbons (Fsp3) is 0.0625. The number of hydrogen-bond donors (Lipinski definition) is 2. The molecule has 23 heavy (non-hydrogen) atoms. The number of aromatic amines is 1. The summed E-state index contributed by atoms with van der Waals surface area (Å²) < 4.78 is 6.16. The van der Waals surface area contributed by atoms with Gasteiger partial charge in [-0.2, -0.15) is 5.10 Å². The molecule has 4 aromatic rings. The van der Waals surface area contributed by atoms with Crippen LogP contribution in [0.4, 0.5) is 5.13 Å². The van der Waals surface area contributed by atoms with E-state index in [1.54, 1.807) is 19.4 Å². The average Bonchev–Trinajstić information content (AvgIpc) is 3.19. The van der Waals surface area contributed by atoms with E-state index in [4.69, 9.17) is 4.74 Å². The summed E-state index contributed by atoms with van der Waals surface area (Å²) >= 11 is 1.41. The molecule has 114 valence electrons. The van der Waals surface area contributed by atoms with Crippen molar-refractivity contribution in [2.45, 2.75) is 0 Å². The zero-order valence-electron chi connectivity index (χ0n) is 12.2. The molecule has 2 aromatic heterocycles. The van der Waals surface area contributed by atoms with Crippen LogP contribution < -0.4 is 10.1 Å². The van der Waals surface area contributed by atoms with Crippen LogP contribution in [0.2, 0.25) is 0 Å². The van der Waals surface area contributed by atoms with E-state index in [1.165, 1.54) is 11.3 Å². The molecule has 0 radical (unpaired) electrons. The topological polar surface area (TPSA) is 79.9 Å². The van der Waals surface area contributed by atoms with Crippen LogP contribution in [0.1, 0.15) is 10.4 Å². The number of aromatic nitrogens is 3. The lowest BCUT2D eigenvalue weighted by Crippen LogP contribution is -2.12. The number of amides is 1. The standard InChI is InChI=1S/C16H12N4O2S/c1-22-10-5-6-12-13(7-10)23-16(18-12)19-15(21)11-4-2-3-9-8-17-20-14(9)11/h2-8H,1H3,(H,17,20)(H,18,19,21). The van der Waals surface area contributed by atoms with E-state index in [2.05, 4.69) is 20.5 Å². The van der Waals surface area contributed by atoms with E-state index in [0.717, 1.165) is 21.4 Å². The molecule has 7 heteroatoms. The van der Waals surface area contributed by atoms with Gasteiger partial charge in [0.25, 0.3) is 5.91 Å². The van der Waals surface area contributed by atoms with Gasteiger partial charge in [0.2, 0.25) is 0 Å². The number of methoxy groups -OCH3 is 1. The minimum Gasteiger partial charge on any atom is -0.497 e. The molecule has 0 unspecified atom stereocenters. The van der Waals surface area contributed by atoms with Crippen molar-refractivity contribution in [1.82, 2.24) is 15.2 Å². The maximum absolute atomic E-state index is 12.5. The van der Waals surface area contributed by atoms with Gasteiger partial charge < -0.3 is 4.74 Å². The molecule has 4 rings (SSSR count). The predicted octanol–water partition coefficient (Wildman–Crippen LogP) is 3.43. The third-order valence-electron chi connectivity index (χ3n) is 3.54. The Balaban J connectivity index is 1.67. The van der Waals surface area contributed by atoms with Gasteiger partial charge in [-0.3, -0.25) is 15.2 Å². The fourth-order valence-electron chi connectivity index (χ4n) is 2.41. The van der Waals surface area contributed by atoms with Crippen LogP contribution in [0.5, 0.6) is 5.75 Å². The van der Waals surface area contributed by atoms with Gasteiger partial charge in [0.1, 0.15) is 5.75 Å². The lowest BCUT2D eigenvalue weighted by Gasteiger charge is -2.02. The summed E-state index contributed by atoms with van der Waals surface area (Å²) in [5.41, 5.74) is 2.08. The van der Waals surface area contributed by atoms with Crippen LogP contribution >= 0.6 is 11.3 Å². The highest BCUT2D eigenvalue weighted by Crippen LogP contribution is 2.29. The Morgan fingerprint density at radius 2 is 2.22 bits per heavy atom. The lowest BCUT2D eigenvalue weighted by atomic mass is 10.1. The quantitative estimate of drug-likeness (QED) is 0.605. The summed E-state index contributed by atoms with van der Waals surface area (Å²) in [5.74, 6) is 0.548. The average molecular weight is 324 g/mol. The van der Waals surface area contributed by atoms with Gasteiger partial charge in [0, 0.05) is 5.39 Å². The maximum Gasteiger partial charge on any atom is 0.259 e. The Labute approximate surface area is 135 Å². The molecular weight excluding hydrogens is 312 g/mol. The van der Waals surface area contributed by atoms with E-state index in [1.807, 2.05) is 30.3 Å². The zero-order valence-corrected chi connectivity index (χ0v) is 13.0. The van der Waals surface area contributed by atoms with Gasteiger partial charge >= 0.3 is 0 Å². The first-order valence-corrected chi connectivity index (χ1v) is 7.74. The van der Waals surface area contributed by atoms with E-state index in [0.29, 0.717) is 16.2 Å². The number of benzene rings is 2. The SMILES string of the molecule is COc1ccc2nc(NC(=O)c3cccc4cn[nH]c34)sc2c1. The number of hydrogen-bond acceptors (Lipinski definition) is 5. The van der Waals surface area contributed by atoms with Crippen LogP contribution in [0.25, 0.3) is 21.1 Å². The second-order valence-corrected chi connectivity index (χ2v) is 5.98. The largest absolute Gasteiger partial charge is 0.497 e. The number of H-pyrrole nitrogens is 1. The van der Waals surface area contributed by atoms with Crippen LogP contribution in [-0.2, 0) is 0 Å². The van der Waals surface area contributed by atoms with Crippen LogP contribution in [0, 0.1) is 0 Å². The molecule has 0 aliphatic heterocycles. The number of ether oxygens (including phenoxy) is 1. The molecule has 0 bridgehead atoms. The second kappa shape index (κ2) is 5.36. The van der Waals surface area contributed by atoms with Gasteiger partial charge in [0.15, 0.2) is 5.13 Å². The summed E-state index contributed by atoms with van der Waals surface area (Å²) in [6, 6.07) is 11.1. The summed E-state index contributed by atoms with van der Waals surface area (Å²) in [5, 5.41) is 11.1. The fourth-order valence-corrected chi connectivity index (χ4v) is 3.30. The Morgan fingerprint density at radius 1 is 1.30 bits per heavy atom. The highest BCUT2D eigenvalue weighted by Gasteiger charge is 2.14.